The summed E-state index contributed by atoms with van der Waals surface area (Å²) in [4.78, 5) is 1.38. The number of hydrogen-bond acceptors (Lipinski definition) is 3. The summed E-state index contributed by atoms with van der Waals surface area (Å²) >= 11 is 5.23. The highest BCUT2D eigenvalue weighted by Gasteiger charge is 2.07. The van der Waals surface area contributed by atoms with E-state index < -0.39 is 0 Å². The highest BCUT2D eigenvalue weighted by molar-refractivity contribution is 9.11. The Hall–Kier alpha value is 0.1000. The fraction of sp³-hybridized carbons (Fsp3) is 0.556. The Balaban J connectivity index is 2.46. The zero-order valence-corrected chi connectivity index (χ0v) is 10.2. The maximum atomic E-state index is 5.10. The molecule has 0 radical (unpaired) electrons. The van der Waals surface area contributed by atoms with Crippen molar-refractivity contribution in [1.82, 2.24) is 5.32 Å². The van der Waals surface area contributed by atoms with Gasteiger partial charge in [-0.1, -0.05) is 0 Å². The molecule has 1 heterocycles. The quantitative estimate of drug-likeness (QED) is 0.881. The molecule has 0 saturated heterocycles. The zero-order valence-electron chi connectivity index (χ0n) is 7.84. The lowest BCUT2D eigenvalue weighted by Gasteiger charge is -2.13. The van der Waals surface area contributed by atoms with E-state index in [2.05, 4.69) is 33.4 Å². The van der Waals surface area contributed by atoms with E-state index >= 15 is 0 Å². The van der Waals surface area contributed by atoms with Crippen LogP contribution in [-0.4, -0.2) is 26.8 Å². The Labute approximate surface area is 91.4 Å². The van der Waals surface area contributed by atoms with Crippen LogP contribution in [0.15, 0.2) is 15.9 Å². The lowest BCUT2D eigenvalue weighted by molar-refractivity contribution is 0.169. The summed E-state index contributed by atoms with van der Waals surface area (Å²) in [5.41, 5.74) is 0. The summed E-state index contributed by atoms with van der Waals surface area (Å²) < 4.78 is 6.29. The molecule has 0 saturated carbocycles. The summed E-state index contributed by atoms with van der Waals surface area (Å²) in [6.45, 7) is 0.756. The minimum atomic E-state index is 0.413. The first-order valence-corrected chi connectivity index (χ1v) is 5.77. The fourth-order valence-corrected chi connectivity index (χ4v) is 2.71. The Kier molecular flexibility index (Phi) is 4.94. The van der Waals surface area contributed by atoms with Crippen LogP contribution in [0.1, 0.15) is 4.88 Å². The van der Waals surface area contributed by atoms with Gasteiger partial charge in [-0.25, -0.2) is 0 Å². The van der Waals surface area contributed by atoms with Crippen molar-refractivity contribution in [3.8, 4) is 0 Å². The van der Waals surface area contributed by atoms with Crippen molar-refractivity contribution in [1.29, 1.82) is 0 Å². The minimum absolute atomic E-state index is 0.413. The first-order chi connectivity index (χ1) is 6.26. The number of halogens is 1. The molecule has 0 fully saturated rings. The Morgan fingerprint density at radius 3 is 2.85 bits per heavy atom. The smallest absolute Gasteiger partial charge is 0.0701 e. The zero-order chi connectivity index (χ0) is 9.68. The van der Waals surface area contributed by atoms with Crippen molar-refractivity contribution in [2.24, 2.45) is 0 Å². The van der Waals surface area contributed by atoms with E-state index in [0.717, 1.165) is 13.0 Å². The van der Waals surface area contributed by atoms with Crippen molar-refractivity contribution in [3.63, 3.8) is 0 Å². The van der Waals surface area contributed by atoms with Crippen molar-refractivity contribution < 1.29 is 4.74 Å². The number of likely N-dealkylation sites (N-methyl/N-ethyl adjacent to an activating group) is 1. The maximum Gasteiger partial charge on any atom is 0.0701 e. The monoisotopic (exact) mass is 263 g/mol. The molecule has 1 rings (SSSR count). The molecule has 13 heavy (non-hydrogen) atoms. The van der Waals surface area contributed by atoms with Crippen LogP contribution in [0, 0.1) is 0 Å². The maximum absolute atomic E-state index is 5.10. The molecule has 4 heteroatoms. The van der Waals surface area contributed by atoms with Gasteiger partial charge in [0.25, 0.3) is 0 Å². The average molecular weight is 264 g/mol. The number of nitrogens with one attached hydrogen (secondary N) is 1. The fourth-order valence-electron chi connectivity index (χ4n) is 1.15. The topological polar surface area (TPSA) is 21.3 Å². The van der Waals surface area contributed by atoms with Crippen LogP contribution in [0.4, 0.5) is 0 Å². The molecule has 0 spiro atoms. The van der Waals surface area contributed by atoms with Gasteiger partial charge in [-0.05, 0) is 41.5 Å². The lowest BCUT2D eigenvalue weighted by atomic mass is 10.2. The van der Waals surface area contributed by atoms with Gasteiger partial charge in [0, 0.05) is 18.0 Å². The van der Waals surface area contributed by atoms with Crippen LogP contribution in [0.3, 0.4) is 0 Å². The van der Waals surface area contributed by atoms with E-state index in [9.17, 15) is 0 Å². The van der Waals surface area contributed by atoms with Gasteiger partial charge >= 0.3 is 0 Å². The number of rotatable bonds is 5. The molecule has 1 aromatic rings. The van der Waals surface area contributed by atoms with E-state index in [-0.39, 0.29) is 0 Å². The van der Waals surface area contributed by atoms with Crippen LogP contribution in [0.25, 0.3) is 0 Å². The van der Waals surface area contributed by atoms with Gasteiger partial charge in [0.15, 0.2) is 0 Å². The standard InChI is InChI=1S/C9H14BrNOS/c1-11-7(6-12-2)5-8-3-4-9(10)13-8/h3-4,7,11H,5-6H2,1-2H3. The van der Waals surface area contributed by atoms with Crippen LogP contribution in [0.5, 0.6) is 0 Å². The van der Waals surface area contributed by atoms with Crippen LogP contribution >= 0.6 is 27.3 Å². The largest absolute Gasteiger partial charge is 0.383 e. The summed E-state index contributed by atoms with van der Waals surface area (Å²) in [7, 11) is 3.70. The Bertz CT molecular complexity index is 252. The summed E-state index contributed by atoms with van der Waals surface area (Å²) in [6, 6.07) is 4.64. The SMILES string of the molecule is CNC(COC)Cc1ccc(Br)s1. The third-order valence-corrected chi connectivity index (χ3v) is 3.50. The van der Waals surface area contributed by atoms with Gasteiger partial charge in [0.05, 0.1) is 10.4 Å². The molecule has 0 bridgehead atoms. The van der Waals surface area contributed by atoms with E-state index in [4.69, 9.17) is 4.74 Å². The van der Waals surface area contributed by atoms with Crippen molar-refractivity contribution in [2.45, 2.75) is 12.5 Å². The number of thiophene rings is 1. The third kappa shape index (κ3) is 3.77. The van der Waals surface area contributed by atoms with E-state index in [0.29, 0.717) is 6.04 Å². The second-order valence-corrected chi connectivity index (χ2v) is 5.40. The molecule has 0 amide bonds. The highest BCUT2D eigenvalue weighted by Crippen LogP contribution is 2.23. The van der Waals surface area contributed by atoms with Gasteiger partial charge in [0.1, 0.15) is 0 Å². The van der Waals surface area contributed by atoms with E-state index in [1.165, 1.54) is 8.66 Å². The minimum Gasteiger partial charge on any atom is -0.383 e. The Morgan fingerprint density at radius 1 is 1.62 bits per heavy atom. The summed E-state index contributed by atoms with van der Waals surface area (Å²) in [5, 5.41) is 3.23. The van der Waals surface area contributed by atoms with Gasteiger partial charge in [-0.2, -0.15) is 0 Å². The molecule has 0 aliphatic rings. The molecular weight excluding hydrogens is 250 g/mol. The summed E-state index contributed by atoms with van der Waals surface area (Å²) in [5.74, 6) is 0. The molecule has 1 N–H and O–H groups in total. The first kappa shape index (κ1) is 11.2. The van der Waals surface area contributed by atoms with E-state index in [1.54, 1.807) is 18.4 Å². The van der Waals surface area contributed by atoms with Gasteiger partial charge < -0.3 is 10.1 Å². The highest BCUT2D eigenvalue weighted by atomic mass is 79.9. The normalized spacial score (nSPS) is 13.2. The molecule has 0 aliphatic carbocycles. The summed E-state index contributed by atoms with van der Waals surface area (Å²) in [6.07, 6.45) is 1.03. The van der Waals surface area contributed by atoms with Gasteiger partial charge in [-0.3, -0.25) is 0 Å². The molecule has 1 unspecified atom stereocenters. The second-order valence-electron chi connectivity index (χ2n) is 2.85. The molecule has 0 aliphatic heterocycles. The molecule has 2 nitrogen and oxygen atoms in total. The van der Waals surface area contributed by atoms with Gasteiger partial charge in [0.2, 0.25) is 0 Å². The third-order valence-electron chi connectivity index (χ3n) is 1.85. The predicted octanol–water partition coefficient (Wildman–Crippen LogP) is 2.29. The predicted molar refractivity (Wildman–Crippen MR) is 60.4 cm³/mol. The van der Waals surface area contributed by atoms with Gasteiger partial charge in [-0.15, -0.1) is 11.3 Å². The molecule has 1 atom stereocenters. The lowest BCUT2D eigenvalue weighted by Crippen LogP contribution is -2.31. The second kappa shape index (κ2) is 5.75. The Morgan fingerprint density at radius 2 is 2.38 bits per heavy atom. The van der Waals surface area contributed by atoms with Crippen molar-refractivity contribution in [3.05, 3.63) is 20.8 Å². The average Bonchev–Trinajstić information content (AvgIpc) is 2.50. The number of hydrogen-bond donors (Lipinski definition) is 1. The van der Waals surface area contributed by atoms with Crippen LogP contribution < -0.4 is 5.32 Å². The molecule has 1 aromatic heterocycles. The van der Waals surface area contributed by atoms with E-state index in [1.807, 2.05) is 7.05 Å². The first-order valence-electron chi connectivity index (χ1n) is 4.16. The number of ether oxygens (including phenoxy) is 1. The number of methoxy groups -OCH3 is 1. The van der Waals surface area contributed by atoms with Crippen LogP contribution in [-0.2, 0) is 11.2 Å². The molecule has 74 valence electrons. The molecule has 0 aromatic carbocycles. The van der Waals surface area contributed by atoms with Crippen molar-refractivity contribution >= 4 is 27.3 Å². The molecular formula is C9H14BrNOS. The van der Waals surface area contributed by atoms with Crippen molar-refractivity contribution in [2.75, 3.05) is 20.8 Å². The van der Waals surface area contributed by atoms with Crippen LogP contribution in [0.2, 0.25) is 0 Å².